The molecule has 17 heavy (non-hydrogen) atoms. The van der Waals surface area contributed by atoms with Gasteiger partial charge in [-0.2, -0.15) is 0 Å². The number of ether oxygens (including phenoxy) is 2. The summed E-state index contributed by atoms with van der Waals surface area (Å²) in [7, 11) is 1.74. The smallest absolute Gasteiger partial charge is 0.0644 e. The van der Waals surface area contributed by atoms with Gasteiger partial charge in [0.1, 0.15) is 0 Å². The Kier molecular flexibility index (Phi) is 8.01. The van der Waals surface area contributed by atoms with Gasteiger partial charge < -0.3 is 14.8 Å². The third-order valence-electron chi connectivity index (χ3n) is 2.88. The second kappa shape index (κ2) is 8.06. The maximum absolute atomic E-state index is 5.56. The first kappa shape index (κ1) is 16.9. The Hall–Kier alpha value is -0.120. The molecule has 0 aromatic rings. The van der Waals surface area contributed by atoms with E-state index < -0.39 is 0 Å². The van der Waals surface area contributed by atoms with E-state index in [4.69, 9.17) is 9.47 Å². The fourth-order valence-electron chi connectivity index (χ4n) is 1.25. The number of hydrogen-bond acceptors (Lipinski definition) is 3. The highest BCUT2D eigenvalue weighted by molar-refractivity contribution is 4.66. The highest BCUT2D eigenvalue weighted by Crippen LogP contribution is 2.16. The first-order valence-corrected chi connectivity index (χ1v) is 6.60. The molecular weight excluding hydrogens is 214 g/mol. The van der Waals surface area contributed by atoms with Gasteiger partial charge in [0.25, 0.3) is 0 Å². The van der Waals surface area contributed by atoms with Crippen molar-refractivity contribution in [2.24, 2.45) is 5.41 Å². The second-order valence-electron chi connectivity index (χ2n) is 6.39. The molecule has 0 atom stereocenters. The average Bonchev–Trinajstić information content (AvgIpc) is 2.20. The maximum atomic E-state index is 5.56. The zero-order chi connectivity index (χ0) is 13.4. The Morgan fingerprint density at radius 1 is 0.882 bits per heavy atom. The van der Waals surface area contributed by atoms with Crippen LogP contribution in [-0.2, 0) is 9.47 Å². The molecule has 0 radical (unpaired) electrons. The van der Waals surface area contributed by atoms with Crippen LogP contribution in [0, 0.1) is 5.41 Å². The molecule has 3 heteroatoms. The first-order valence-electron chi connectivity index (χ1n) is 6.60. The molecule has 3 nitrogen and oxygen atoms in total. The van der Waals surface area contributed by atoms with E-state index in [0.717, 1.165) is 32.7 Å². The van der Waals surface area contributed by atoms with Gasteiger partial charge in [-0.25, -0.2) is 0 Å². The molecule has 0 aromatic heterocycles. The molecule has 0 aliphatic rings. The fraction of sp³-hybridized carbons (Fsp3) is 1.00. The van der Waals surface area contributed by atoms with Gasteiger partial charge in [-0.3, -0.25) is 0 Å². The van der Waals surface area contributed by atoms with Crippen molar-refractivity contribution in [3.05, 3.63) is 0 Å². The summed E-state index contributed by atoms with van der Waals surface area (Å²) in [4.78, 5) is 0. The van der Waals surface area contributed by atoms with Gasteiger partial charge in [-0.05, 0) is 38.6 Å². The summed E-state index contributed by atoms with van der Waals surface area (Å²) in [5, 5.41) is 3.40. The van der Waals surface area contributed by atoms with Gasteiger partial charge in [0, 0.05) is 20.3 Å². The largest absolute Gasteiger partial charge is 0.380 e. The van der Waals surface area contributed by atoms with E-state index in [9.17, 15) is 0 Å². The maximum Gasteiger partial charge on any atom is 0.0644 e. The van der Waals surface area contributed by atoms with E-state index in [1.54, 1.807) is 7.11 Å². The lowest BCUT2D eigenvalue weighted by Crippen LogP contribution is -2.27. The summed E-state index contributed by atoms with van der Waals surface area (Å²) in [5.41, 5.74) is 0.343. The van der Waals surface area contributed by atoms with Crippen LogP contribution in [0.2, 0.25) is 0 Å². The molecule has 0 unspecified atom stereocenters. The molecular formula is C14H31NO2. The molecule has 0 aromatic carbocycles. The predicted molar refractivity (Wildman–Crippen MR) is 73.5 cm³/mol. The van der Waals surface area contributed by atoms with Crippen molar-refractivity contribution in [1.29, 1.82) is 0 Å². The molecule has 0 fully saturated rings. The quantitative estimate of drug-likeness (QED) is 0.634. The molecule has 0 heterocycles. The Morgan fingerprint density at radius 3 is 2.06 bits per heavy atom. The normalized spacial score (nSPS) is 13.1. The fourth-order valence-corrected chi connectivity index (χ4v) is 1.25. The van der Waals surface area contributed by atoms with Crippen molar-refractivity contribution < 1.29 is 9.47 Å². The van der Waals surface area contributed by atoms with Gasteiger partial charge in [-0.1, -0.05) is 20.8 Å². The van der Waals surface area contributed by atoms with Gasteiger partial charge in [0.15, 0.2) is 0 Å². The highest BCUT2D eigenvalue weighted by atomic mass is 16.5. The molecule has 0 rings (SSSR count). The lowest BCUT2D eigenvalue weighted by molar-refractivity contribution is -0.00937. The minimum atomic E-state index is -0.0698. The summed E-state index contributed by atoms with van der Waals surface area (Å²) < 4.78 is 10.9. The van der Waals surface area contributed by atoms with Gasteiger partial charge in [0.2, 0.25) is 0 Å². The summed E-state index contributed by atoms with van der Waals surface area (Å²) in [6.45, 7) is 14.5. The lowest BCUT2D eigenvalue weighted by atomic mass is 9.92. The van der Waals surface area contributed by atoms with Crippen molar-refractivity contribution in [1.82, 2.24) is 5.32 Å². The topological polar surface area (TPSA) is 30.5 Å². The van der Waals surface area contributed by atoms with E-state index in [-0.39, 0.29) is 5.60 Å². The number of methoxy groups -OCH3 is 1. The molecule has 0 amide bonds. The average molecular weight is 245 g/mol. The predicted octanol–water partition coefficient (Wildman–Crippen LogP) is 2.84. The van der Waals surface area contributed by atoms with Gasteiger partial charge in [-0.15, -0.1) is 0 Å². The van der Waals surface area contributed by atoms with Crippen molar-refractivity contribution in [3.63, 3.8) is 0 Å². The van der Waals surface area contributed by atoms with Gasteiger partial charge in [0.05, 0.1) is 12.2 Å². The van der Waals surface area contributed by atoms with E-state index in [2.05, 4.69) is 39.9 Å². The zero-order valence-corrected chi connectivity index (χ0v) is 12.6. The molecule has 0 spiro atoms. The number of nitrogens with one attached hydrogen (secondary N) is 1. The third kappa shape index (κ3) is 12.1. The van der Waals surface area contributed by atoms with E-state index in [1.807, 2.05) is 0 Å². The van der Waals surface area contributed by atoms with Crippen LogP contribution >= 0.6 is 0 Å². The van der Waals surface area contributed by atoms with Gasteiger partial charge >= 0.3 is 0 Å². The number of hydrogen-bond donors (Lipinski definition) is 1. The monoisotopic (exact) mass is 245 g/mol. The lowest BCUT2D eigenvalue weighted by Gasteiger charge is -2.22. The van der Waals surface area contributed by atoms with Crippen LogP contribution in [0.1, 0.15) is 47.5 Å². The zero-order valence-electron chi connectivity index (χ0n) is 12.6. The van der Waals surface area contributed by atoms with Crippen LogP contribution in [0.4, 0.5) is 0 Å². The molecule has 104 valence electrons. The van der Waals surface area contributed by atoms with Crippen molar-refractivity contribution >= 4 is 0 Å². The van der Waals surface area contributed by atoms with Crippen LogP contribution in [0.5, 0.6) is 0 Å². The standard InChI is InChI=1S/C14H31NO2/c1-13(2,3)7-9-15-10-12-17-11-8-14(4,5)16-6/h15H,7-12H2,1-6H3. The van der Waals surface area contributed by atoms with E-state index >= 15 is 0 Å². The minimum Gasteiger partial charge on any atom is -0.380 e. The molecule has 0 aliphatic carbocycles. The van der Waals surface area contributed by atoms with Crippen LogP contribution in [0.25, 0.3) is 0 Å². The van der Waals surface area contributed by atoms with Crippen LogP contribution in [0.15, 0.2) is 0 Å². The molecule has 0 saturated heterocycles. The Morgan fingerprint density at radius 2 is 1.53 bits per heavy atom. The van der Waals surface area contributed by atoms with Crippen molar-refractivity contribution in [2.75, 3.05) is 33.4 Å². The summed E-state index contributed by atoms with van der Waals surface area (Å²) >= 11 is 0. The summed E-state index contributed by atoms with van der Waals surface area (Å²) in [6, 6.07) is 0. The van der Waals surface area contributed by atoms with E-state index in [0.29, 0.717) is 5.41 Å². The van der Waals surface area contributed by atoms with Crippen molar-refractivity contribution in [2.45, 2.75) is 53.1 Å². The second-order valence-corrected chi connectivity index (χ2v) is 6.39. The Bertz CT molecular complexity index is 185. The Labute approximate surface area is 107 Å². The van der Waals surface area contributed by atoms with Crippen molar-refractivity contribution in [3.8, 4) is 0 Å². The molecule has 0 aliphatic heterocycles. The first-order chi connectivity index (χ1) is 7.77. The summed E-state index contributed by atoms with van der Waals surface area (Å²) in [6.07, 6.45) is 2.13. The van der Waals surface area contributed by atoms with Crippen LogP contribution in [-0.4, -0.2) is 39.0 Å². The molecule has 0 saturated carbocycles. The third-order valence-corrected chi connectivity index (χ3v) is 2.88. The minimum absolute atomic E-state index is 0.0698. The highest BCUT2D eigenvalue weighted by Gasteiger charge is 2.15. The van der Waals surface area contributed by atoms with E-state index in [1.165, 1.54) is 6.42 Å². The SMILES string of the molecule is COC(C)(C)CCOCCNCCC(C)(C)C. The summed E-state index contributed by atoms with van der Waals surface area (Å²) in [5.74, 6) is 0. The Balaban J connectivity index is 3.25. The number of rotatable bonds is 9. The molecule has 0 bridgehead atoms. The van der Waals surface area contributed by atoms with Crippen LogP contribution in [0.3, 0.4) is 0 Å². The van der Waals surface area contributed by atoms with Crippen LogP contribution < -0.4 is 5.32 Å². The molecule has 1 N–H and O–H groups in total.